The van der Waals surface area contributed by atoms with Gasteiger partial charge < -0.3 is 9.47 Å². The van der Waals surface area contributed by atoms with Crippen molar-refractivity contribution in [2.75, 3.05) is 37.6 Å². The summed E-state index contributed by atoms with van der Waals surface area (Å²) >= 11 is 0. The second-order valence-electron chi connectivity index (χ2n) is 6.74. The molecule has 2 heterocycles. The van der Waals surface area contributed by atoms with Gasteiger partial charge in [-0.05, 0) is 38.8 Å². The second-order valence-corrected chi connectivity index (χ2v) is 6.74. The molecule has 1 saturated heterocycles. The van der Waals surface area contributed by atoms with Gasteiger partial charge in [0.15, 0.2) is 0 Å². The van der Waals surface area contributed by atoms with Crippen LogP contribution in [0.4, 0.5) is 5.69 Å². The van der Waals surface area contributed by atoms with Crippen LogP contribution in [-0.4, -0.2) is 42.2 Å². The molecular weight excluding hydrogens is 262 g/mol. The number of aromatic nitrogens is 1. The lowest BCUT2D eigenvalue weighted by Crippen LogP contribution is -2.47. The van der Waals surface area contributed by atoms with Gasteiger partial charge in [-0.1, -0.05) is 13.8 Å². The number of pyridine rings is 1. The van der Waals surface area contributed by atoms with Gasteiger partial charge in [-0.2, -0.15) is 0 Å². The summed E-state index contributed by atoms with van der Waals surface area (Å²) in [7, 11) is 0. The van der Waals surface area contributed by atoms with Crippen LogP contribution in [0, 0.1) is 5.92 Å². The van der Waals surface area contributed by atoms with Gasteiger partial charge in [-0.15, -0.1) is 0 Å². The van der Waals surface area contributed by atoms with E-state index in [9.17, 15) is 4.79 Å². The molecule has 0 aromatic carbocycles. The first-order valence-electron chi connectivity index (χ1n) is 8.17. The Bertz CT molecular complexity index is 499. The molecule has 0 bridgehead atoms. The average molecular weight is 291 g/mol. The van der Waals surface area contributed by atoms with E-state index in [1.165, 1.54) is 13.0 Å². The zero-order chi connectivity index (χ0) is 15.4. The van der Waals surface area contributed by atoms with Crippen molar-refractivity contribution in [3.63, 3.8) is 0 Å². The van der Waals surface area contributed by atoms with E-state index in [4.69, 9.17) is 0 Å². The first kappa shape index (κ1) is 16.1. The SMILES string of the molecule is CC(C)CCN1CCN(c2ccn(C(C)C)c(=O)c2)CC1. The average Bonchev–Trinajstić information content (AvgIpc) is 2.45. The highest BCUT2D eigenvalue weighted by Gasteiger charge is 2.17. The van der Waals surface area contributed by atoms with Crippen LogP contribution in [0.15, 0.2) is 23.1 Å². The lowest BCUT2D eigenvalue weighted by molar-refractivity contribution is 0.243. The number of hydrogen-bond acceptors (Lipinski definition) is 3. The fourth-order valence-electron chi connectivity index (χ4n) is 2.77. The predicted molar refractivity (Wildman–Crippen MR) is 89.2 cm³/mol. The lowest BCUT2D eigenvalue weighted by atomic mass is 10.1. The van der Waals surface area contributed by atoms with E-state index in [0.717, 1.165) is 37.8 Å². The van der Waals surface area contributed by atoms with Crippen LogP contribution in [0.2, 0.25) is 0 Å². The molecule has 0 radical (unpaired) electrons. The smallest absolute Gasteiger partial charge is 0.252 e. The highest BCUT2D eigenvalue weighted by Crippen LogP contribution is 2.15. The predicted octanol–water partition coefficient (Wildman–Crippen LogP) is 2.60. The maximum atomic E-state index is 12.1. The van der Waals surface area contributed by atoms with Crippen LogP contribution in [0.3, 0.4) is 0 Å². The molecule has 0 N–H and O–H groups in total. The summed E-state index contributed by atoms with van der Waals surface area (Å²) < 4.78 is 1.78. The normalized spacial score (nSPS) is 17.0. The molecule has 0 atom stereocenters. The van der Waals surface area contributed by atoms with Gasteiger partial charge in [0.05, 0.1) is 0 Å². The van der Waals surface area contributed by atoms with Crippen LogP contribution >= 0.6 is 0 Å². The molecule has 0 aliphatic carbocycles. The Morgan fingerprint density at radius 2 is 1.76 bits per heavy atom. The largest absolute Gasteiger partial charge is 0.369 e. The van der Waals surface area contributed by atoms with E-state index in [1.54, 1.807) is 10.6 Å². The molecule has 118 valence electrons. The standard InChI is InChI=1S/C17H29N3O/c1-14(2)5-7-18-9-11-19(12-10-18)16-6-8-20(15(3)4)17(21)13-16/h6,8,13-15H,5,7,9-12H2,1-4H3. The maximum absolute atomic E-state index is 12.1. The van der Waals surface area contributed by atoms with Gasteiger partial charge in [-0.3, -0.25) is 9.69 Å². The topological polar surface area (TPSA) is 28.5 Å². The van der Waals surface area contributed by atoms with Gasteiger partial charge in [0.1, 0.15) is 0 Å². The van der Waals surface area contributed by atoms with Gasteiger partial charge in [-0.25, -0.2) is 0 Å². The minimum Gasteiger partial charge on any atom is -0.369 e. The fourth-order valence-corrected chi connectivity index (χ4v) is 2.77. The van der Waals surface area contributed by atoms with Gasteiger partial charge in [0, 0.05) is 50.2 Å². The minimum absolute atomic E-state index is 0.102. The summed E-state index contributed by atoms with van der Waals surface area (Å²) in [6.07, 6.45) is 3.19. The van der Waals surface area contributed by atoms with Crippen molar-refractivity contribution in [3.05, 3.63) is 28.7 Å². The van der Waals surface area contributed by atoms with Crippen molar-refractivity contribution in [1.82, 2.24) is 9.47 Å². The van der Waals surface area contributed by atoms with Crippen molar-refractivity contribution in [2.45, 2.75) is 40.2 Å². The molecule has 1 aliphatic heterocycles. The third-order valence-corrected chi connectivity index (χ3v) is 4.25. The molecule has 0 spiro atoms. The molecule has 21 heavy (non-hydrogen) atoms. The zero-order valence-electron chi connectivity index (χ0n) is 13.9. The summed E-state index contributed by atoms with van der Waals surface area (Å²) in [5.74, 6) is 0.770. The quantitative estimate of drug-likeness (QED) is 0.835. The van der Waals surface area contributed by atoms with Gasteiger partial charge in [0.2, 0.25) is 0 Å². The summed E-state index contributed by atoms with van der Waals surface area (Å²) in [6, 6.07) is 4.08. The molecule has 1 aliphatic rings. The number of rotatable bonds is 5. The van der Waals surface area contributed by atoms with Crippen LogP contribution in [0.25, 0.3) is 0 Å². The van der Waals surface area contributed by atoms with E-state index in [2.05, 4.69) is 29.7 Å². The molecule has 0 amide bonds. The van der Waals surface area contributed by atoms with Crippen molar-refractivity contribution in [1.29, 1.82) is 0 Å². The van der Waals surface area contributed by atoms with Crippen LogP contribution in [0.1, 0.15) is 40.2 Å². The molecule has 1 fully saturated rings. The molecule has 1 aromatic heterocycles. The van der Waals surface area contributed by atoms with E-state index in [1.807, 2.05) is 20.0 Å². The van der Waals surface area contributed by atoms with Crippen LogP contribution in [-0.2, 0) is 0 Å². The van der Waals surface area contributed by atoms with Crippen molar-refractivity contribution >= 4 is 5.69 Å². The van der Waals surface area contributed by atoms with Gasteiger partial charge in [0.25, 0.3) is 5.56 Å². The monoisotopic (exact) mass is 291 g/mol. The molecule has 4 nitrogen and oxygen atoms in total. The van der Waals surface area contributed by atoms with Crippen molar-refractivity contribution in [2.24, 2.45) is 5.92 Å². The highest BCUT2D eigenvalue weighted by molar-refractivity contribution is 5.45. The van der Waals surface area contributed by atoms with Crippen LogP contribution < -0.4 is 10.5 Å². The van der Waals surface area contributed by atoms with E-state index in [-0.39, 0.29) is 11.6 Å². The van der Waals surface area contributed by atoms with E-state index in [0.29, 0.717) is 0 Å². The third kappa shape index (κ3) is 4.34. The second kappa shape index (κ2) is 7.12. The Kier molecular flexibility index (Phi) is 5.45. The molecule has 0 unspecified atom stereocenters. The van der Waals surface area contributed by atoms with E-state index < -0.39 is 0 Å². The Hall–Kier alpha value is -1.29. The first-order chi connectivity index (χ1) is 9.97. The fraction of sp³-hybridized carbons (Fsp3) is 0.706. The maximum Gasteiger partial charge on any atom is 0.252 e. The highest BCUT2D eigenvalue weighted by atomic mass is 16.1. The number of hydrogen-bond donors (Lipinski definition) is 0. The number of anilines is 1. The molecule has 4 heteroatoms. The summed E-state index contributed by atoms with van der Waals surface area (Å²) in [5, 5.41) is 0. The van der Waals surface area contributed by atoms with E-state index >= 15 is 0 Å². The number of piperazine rings is 1. The van der Waals surface area contributed by atoms with Gasteiger partial charge >= 0.3 is 0 Å². The summed E-state index contributed by atoms with van der Waals surface area (Å²) in [4.78, 5) is 17.0. The summed E-state index contributed by atoms with van der Waals surface area (Å²) in [6.45, 7) is 14.1. The molecule has 2 rings (SSSR count). The molecule has 1 aromatic rings. The Balaban J connectivity index is 1.93. The zero-order valence-corrected chi connectivity index (χ0v) is 13.9. The third-order valence-electron chi connectivity index (χ3n) is 4.25. The Labute approximate surface area is 128 Å². The van der Waals surface area contributed by atoms with Crippen molar-refractivity contribution < 1.29 is 0 Å². The molecule has 0 saturated carbocycles. The molecular formula is C17H29N3O. The minimum atomic E-state index is 0.102. The Morgan fingerprint density at radius 3 is 2.29 bits per heavy atom. The number of nitrogens with zero attached hydrogens (tertiary/aromatic N) is 3. The lowest BCUT2D eigenvalue weighted by Gasteiger charge is -2.36. The summed E-state index contributed by atoms with van der Waals surface area (Å²) in [5.41, 5.74) is 1.17. The van der Waals surface area contributed by atoms with Crippen molar-refractivity contribution in [3.8, 4) is 0 Å². The van der Waals surface area contributed by atoms with Crippen LogP contribution in [0.5, 0.6) is 0 Å². The first-order valence-corrected chi connectivity index (χ1v) is 8.17. The Morgan fingerprint density at radius 1 is 1.10 bits per heavy atom.